The lowest BCUT2D eigenvalue weighted by Crippen LogP contribution is -2.58. The topological polar surface area (TPSA) is 338 Å². The van der Waals surface area contributed by atoms with E-state index in [0.29, 0.717) is 67.1 Å². The van der Waals surface area contributed by atoms with E-state index in [9.17, 15) is 36.2 Å². The summed E-state index contributed by atoms with van der Waals surface area (Å²) in [5.41, 5.74) is 10.5. The molecule has 6 aliphatic rings. The van der Waals surface area contributed by atoms with E-state index in [0.717, 1.165) is 0 Å². The number of esters is 2. The van der Waals surface area contributed by atoms with E-state index in [-0.39, 0.29) is 86.6 Å². The van der Waals surface area contributed by atoms with Crippen molar-refractivity contribution in [1.82, 2.24) is 9.97 Å². The Hall–Kier alpha value is -7.95. The number of halogens is 5. The molecule has 2 aromatic heterocycles. The molecule has 0 aliphatic carbocycles. The molecule has 0 bridgehead atoms. The lowest BCUT2D eigenvalue weighted by molar-refractivity contribution is -0.154. The van der Waals surface area contributed by atoms with Crippen molar-refractivity contribution in [1.29, 1.82) is 10.5 Å². The van der Waals surface area contributed by atoms with Crippen LogP contribution < -0.4 is 11.5 Å². The second-order valence-corrected chi connectivity index (χ2v) is 39.9. The third-order valence-electron chi connectivity index (χ3n) is 19.7. The van der Waals surface area contributed by atoms with Crippen LogP contribution in [0.3, 0.4) is 0 Å². The number of rotatable bonds is 13. The molecule has 0 spiro atoms. The van der Waals surface area contributed by atoms with E-state index in [4.69, 9.17) is 64.7 Å². The molecule has 6 aliphatic heterocycles. The first-order chi connectivity index (χ1) is 47.2. The molecular weight excluding hydrogens is 1410 g/mol. The summed E-state index contributed by atoms with van der Waals surface area (Å²) < 4.78 is 110. The van der Waals surface area contributed by atoms with E-state index in [2.05, 4.69) is 28.0 Å². The van der Waals surface area contributed by atoms with Crippen molar-refractivity contribution in [3.63, 3.8) is 0 Å². The summed E-state index contributed by atoms with van der Waals surface area (Å²) >= 11 is 12.3. The monoisotopic (exact) mass is 1500 g/mol. The van der Waals surface area contributed by atoms with Gasteiger partial charge in [0.25, 0.3) is 0 Å². The minimum atomic E-state index is -2.98. The highest BCUT2D eigenvalue weighted by Crippen LogP contribution is 2.52. The summed E-state index contributed by atoms with van der Waals surface area (Å²) in [7, 11) is -8.60. The van der Waals surface area contributed by atoms with Gasteiger partial charge < -0.3 is 20.9 Å². The van der Waals surface area contributed by atoms with Gasteiger partial charge in [-0.2, -0.15) is 10.5 Å². The van der Waals surface area contributed by atoms with Gasteiger partial charge in [0.05, 0.1) is 88.4 Å². The number of hydrogen-bond acceptors (Lipinski definition) is 21. The maximum Gasteiger partial charge on any atom is 0.312 e. The van der Waals surface area contributed by atoms with Gasteiger partial charge in [0.1, 0.15) is 79.4 Å². The summed E-state index contributed by atoms with van der Waals surface area (Å²) in [5, 5.41) is 16.5. The summed E-state index contributed by atoms with van der Waals surface area (Å²) in [5.74, 6) is -3.14. The van der Waals surface area contributed by atoms with Crippen molar-refractivity contribution in [2.75, 3.05) is 25.4 Å². The van der Waals surface area contributed by atoms with Crippen molar-refractivity contribution in [3.8, 4) is 12.1 Å². The van der Waals surface area contributed by atoms with E-state index < -0.39 is 122 Å². The Bertz CT molecular complexity index is 4930. The average Bonchev–Trinajstić information content (AvgIpc) is 1.36. The number of Topliss-reactive ketones (excluding diaryl/α,β-unsaturated/α-hetero) is 2. The number of nitrogens with zero attached hydrogens (tertiary/aromatic N) is 10. The highest BCUT2D eigenvalue weighted by molar-refractivity contribution is 7.97. The van der Waals surface area contributed by atoms with Crippen LogP contribution in [-0.2, 0) is 77.7 Å². The number of nitriles is 2. The van der Waals surface area contributed by atoms with Crippen LogP contribution in [0.4, 0.5) is 18.9 Å². The lowest BCUT2D eigenvalue weighted by Gasteiger charge is -2.46. The minimum Gasteiger partial charge on any atom is -0.460 e. The Balaban J connectivity index is 0.000000180. The lowest BCUT2D eigenvalue weighted by atomic mass is 9.84. The first-order valence-electron chi connectivity index (χ1n) is 33.1. The summed E-state index contributed by atoms with van der Waals surface area (Å²) in [6, 6.07) is 19.5. The van der Waals surface area contributed by atoms with Crippen LogP contribution in [0.2, 0.25) is 10.0 Å². The number of aliphatic imine (C=N–C) groups is 3. The van der Waals surface area contributed by atoms with Gasteiger partial charge in [-0.3, -0.25) is 44.1 Å². The molecule has 5 aromatic rings. The number of anilines is 1. The predicted molar refractivity (Wildman–Crippen MR) is 391 cm³/mol. The molecule has 0 fully saturated rings. The van der Waals surface area contributed by atoms with Crippen LogP contribution >= 0.6 is 23.2 Å². The third-order valence-corrected chi connectivity index (χ3v) is 31.4. The first kappa shape index (κ1) is 78.2. The Morgan fingerprint density at radius 3 is 1.20 bits per heavy atom. The van der Waals surface area contributed by atoms with Crippen LogP contribution in [0, 0.1) is 40.1 Å². The predicted octanol–water partition coefficient (Wildman–Crippen LogP) is 13.2. The largest absolute Gasteiger partial charge is 0.460 e. The molecule has 0 amide bonds. The number of ketones is 2. The van der Waals surface area contributed by atoms with Crippen molar-refractivity contribution < 1.29 is 54.4 Å². The number of carbonyl (C=O) groups is 4. The molecular formula is C73H85Cl2F3N12O9S3. The number of fused-ring (bicyclic) bond motifs is 3. The smallest absolute Gasteiger partial charge is 0.312 e. The van der Waals surface area contributed by atoms with Crippen molar-refractivity contribution >= 4 is 98.8 Å². The number of benzene rings is 3. The maximum atomic E-state index is 15.6. The number of nitrogen functional groups attached to an aromatic ring is 1. The quantitative estimate of drug-likeness (QED) is 0.0628. The molecule has 0 saturated carbocycles. The molecule has 21 nitrogen and oxygen atoms in total. The normalized spacial score (nSPS) is 27.7. The molecule has 9 atom stereocenters. The molecule has 102 heavy (non-hydrogen) atoms. The Morgan fingerprint density at radius 1 is 0.520 bits per heavy atom. The highest BCUT2D eigenvalue weighted by Gasteiger charge is 2.60. The summed E-state index contributed by atoms with van der Waals surface area (Å²) in [6.45, 7) is 27.6. The van der Waals surface area contributed by atoms with Gasteiger partial charge in [0, 0.05) is 78.7 Å². The summed E-state index contributed by atoms with van der Waals surface area (Å²) in [6.07, 6.45) is 3.47. The van der Waals surface area contributed by atoms with E-state index in [1.54, 1.807) is 122 Å². The van der Waals surface area contributed by atoms with Crippen LogP contribution in [-0.4, -0.2) is 124 Å². The maximum absolute atomic E-state index is 15.6. The van der Waals surface area contributed by atoms with Gasteiger partial charge >= 0.3 is 11.9 Å². The zero-order chi connectivity index (χ0) is 75.7. The zero-order valence-electron chi connectivity index (χ0n) is 59.7. The molecule has 0 radical (unpaired) electrons. The third kappa shape index (κ3) is 14.4. The van der Waals surface area contributed by atoms with Crippen LogP contribution in [0.15, 0.2) is 107 Å². The fourth-order valence-electron chi connectivity index (χ4n) is 14.2. The van der Waals surface area contributed by atoms with Crippen molar-refractivity contribution in [2.24, 2.45) is 33.8 Å². The number of hydrogen-bond donors (Lipinski definition) is 2. The molecule has 29 heteroatoms. The van der Waals surface area contributed by atoms with Crippen LogP contribution in [0.1, 0.15) is 196 Å². The molecule has 544 valence electrons. The second-order valence-electron chi connectivity index (χ2n) is 30.1. The van der Waals surface area contributed by atoms with Gasteiger partial charge in [-0.25, -0.2) is 38.9 Å². The van der Waals surface area contributed by atoms with Gasteiger partial charge in [-0.15, -0.1) is 0 Å². The minimum absolute atomic E-state index is 0.00690. The molecule has 3 aromatic carbocycles. The van der Waals surface area contributed by atoms with E-state index >= 15 is 8.78 Å². The molecule has 4 N–H and O–H groups in total. The Labute approximate surface area is 604 Å². The number of aromatic nitrogens is 2. The van der Waals surface area contributed by atoms with Gasteiger partial charge in [-0.05, 0) is 189 Å². The fraction of sp³-hybridized carbons (Fsp3) is 0.493. The number of nitrogens with two attached hydrogens (primary N) is 2. The van der Waals surface area contributed by atoms with Crippen LogP contribution in [0.25, 0.3) is 0 Å². The second kappa shape index (κ2) is 27.9. The number of carbonyl (C=O) groups excluding carboxylic acids is 4. The molecule has 0 saturated heterocycles. The first-order valence-corrected chi connectivity index (χ1v) is 38.6. The molecule has 0 unspecified atom stereocenters. The van der Waals surface area contributed by atoms with Crippen molar-refractivity contribution in [2.45, 2.75) is 207 Å². The zero-order valence-corrected chi connectivity index (χ0v) is 63.7. The van der Waals surface area contributed by atoms with Crippen LogP contribution in [0.5, 0.6) is 0 Å². The van der Waals surface area contributed by atoms with E-state index in [1.807, 2.05) is 12.1 Å². The fourth-order valence-corrected chi connectivity index (χ4v) is 24.4. The Kier molecular flexibility index (Phi) is 21.4. The number of amidine groups is 1. The van der Waals surface area contributed by atoms with Gasteiger partial charge in [0.2, 0.25) is 0 Å². The standard InChI is InChI=1S/C29H32ClFN4O4S.C23H23ClFN5O2S.C21H30FN3O3S/c1-27(2,3)39-25(37)14-23-28(4,5)40(38)24(9-10-34-40)29(6,35-23)19-11-17(7-8-21(19)31)13-22(36)26-20(30)12-18(15-32)16-33-26;1-22(2)21(27)30-23(3,19-6-7-29-33(19,22)32)15-8-13(4-5-17(15)25)10-18(31)20-16(24)9-14(11-26)12-28-20;1-19(2,3)28-18(26)12-16-20(4,5)29(27)17(9-10-24-29)21(6,25-16)14-11-13(23)7-8-15(14)22/h7-8,11-12,16,24H,9-10,13-14H2,1-6H3;4-5,8-9,12,19H,6-7,10H2,1-3H3,(H2,27,30);7-8,11,17H,9-10,12,23H2,1-6H3/t24-,29+,40+;19-,23+,33+;17-,21+,29+/m000/s1. The summed E-state index contributed by atoms with van der Waals surface area (Å²) in [4.78, 5) is 73.8. The van der Waals surface area contributed by atoms with Crippen molar-refractivity contribution in [3.05, 3.63) is 157 Å². The van der Waals surface area contributed by atoms with Gasteiger partial charge in [0.15, 0.2) is 11.6 Å². The van der Waals surface area contributed by atoms with Gasteiger partial charge in [-0.1, -0.05) is 35.3 Å². The Morgan fingerprint density at radius 2 is 0.853 bits per heavy atom. The highest BCUT2D eigenvalue weighted by atomic mass is 35.5. The number of ether oxygens (including phenoxy) is 2. The molecule has 11 rings (SSSR count). The number of pyridine rings is 2. The van der Waals surface area contributed by atoms with E-state index in [1.165, 1.54) is 60.9 Å². The average molecular weight is 1500 g/mol. The molecule has 8 heterocycles. The SMILES string of the molecule is CC(C)(C)OC(=O)CC1=N[C@](C)(c2cc(CC(=O)c3ncc(C#N)cc3Cl)ccc2F)[C@@H]2CCN=[S@]2(=O)C1(C)C.CC(C)(C)OC(=O)CC1=N[C@](C)(c2cc(N)ccc2F)[C@@H]2CCN=[S@]2(=O)C1(C)C.CC1(C)C(N)=N[C@](C)(c2cc(CC(=O)c3ncc(C#N)cc3Cl)ccc2F)[C@@H]2CCN=[S@@]21=O.